The van der Waals surface area contributed by atoms with Gasteiger partial charge in [0.05, 0.1) is 0 Å². The minimum absolute atomic E-state index is 0.245. The van der Waals surface area contributed by atoms with Crippen molar-refractivity contribution in [3.05, 3.63) is 70.3 Å². The number of hydrogen-bond acceptors (Lipinski definition) is 3. The molecule has 0 radical (unpaired) electrons. The molecular formula is C22H21F2NO3. The van der Waals surface area contributed by atoms with Gasteiger partial charge in [-0.05, 0) is 72.7 Å². The van der Waals surface area contributed by atoms with E-state index < -0.39 is 23.1 Å². The molecule has 0 heterocycles. The molecule has 4 nitrogen and oxygen atoms in total. The number of nitrogens with one attached hydrogen (secondary N) is 1. The molecule has 0 bridgehead atoms. The number of benzene rings is 2. The van der Waals surface area contributed by atoms with Crippen LogP contribution in [0.2, 0.25) is 0 Å². The molecule has 3 rings (SSSR count). The lowest BCUT2D eigenvalue weighted by Gasteiger charge is -2.22. The number of fused-ring (bicyclic) bond motifs is 1. The van der Waals surface area contributed by atoms with Gasteiger partial charge in [0.1, 0.15) is 23.8 Å². The third-order valence-electron chi connectivity index (χ3n) is 4.76. The number of hydrogen-bond donors (Lipinski definition) is 1. The fourth-order valence-electron chi connectivity index (χ4n) is 3.41. The quantitative estimate of drug-likeness (QED) is 0.763. The molecule has 2 aromatic carbocycles. The zero-order valence-corrected chi connectivity index (χ0v) is 15.8. The van der Waals surface area contributed by atoms with Crippen LogP contribution in [0.4, 0.5) is 14.5 Å². The normalized spacial score (nSPS) is 14.9. The highest BCUT2D eigenvalue weighted by Gasteiger charge is 2.20. The molecule has 146 valence electrons. The molecule has 1 aliphatic carbocycles. The van der Waals surface area contributed by atoms with E-state index in [2.05, 4.69) is 5.32 Å². The summed E-state index contributed by atoms with van der Waals surface area (Å²) in [6.45, 7) is 3.55. The lowest BCUT2D eigenvalue weighted by Crippen LogP contribution is -2.16. The molecule has 0 aromatic heterocycles. The number of halogens is 2. The van der Waals surface area contributed by atoms with Crippen LogP contribution in [0, 0.1) is 11.6 Å². The van der Waals surface area contributed by atoms with Crippen molar-refractivity contribution >= 4 is 23.1 Å². The first kappa shape index (κ1) is 19.7. The third-order valence-corrected chi connectivity index (χ3v) is 4.76. The van der Waals surface area contributed by atoms with Gasteiger partial charge in [-0.3, -0.25) is 9.59 Å². The number of rotatable bonds is 4. The minimum atomic E-state index is -0.901. The Hall–Kier alpha value is -3.02. The van der Waals surface area contributed by atoms with E-state index in [0.29, 0.717) is 5.69 Å². The fraction of sp³-hybridized carbons (Fsp3) is 0.273. The van der Waals surface area contributed by atoms with Crippen molar-refractivity contribution in [3.8, 4) is 0 Å². The van der Waals surface area contributed by atoms with Crippen LogP contribution in [0.3, 0.4) is 0 Å². The van der Waals surface area contributed by atoms with Crippen molar-refractivity contribution in [2.75, 3.05) is 11.9 Å². The maximum Gasteiger partial charge on any atom is 0.302 e. The van der Waals surface area contributed by atoms with Gasteiger partial charge >= 0.3 is 5.97 Å². The van der Waals surface area contributed by atoms with E-state index in [-0.39, 0.29) is 12.6 Å². The van der Waals surface area contributed by atoms with Crippen LogP contribution in [0.15, 0.2) is 42.0 Å². The van der Waals surface area contributed by atoms with Gasteiger partial charge in [0.15, 0.2) is 0 Å². The van der Waals surface area contributed by atoms with Gasteiger partial charge in [-0.15, -0.1) is 0 Å². The highest BCUT2D eigenvalue weighted by molar-refractivity contribution is 6.04. The molecule has 6 heteroatoms. The zero-order chi connectivity index (χ0) is 20.3. The van der Waals surface area contributed by atoms with E-state index >= 15 is 0 Å². The number of aryl methyl sites for hydroxylation is 1. The first-order valence-corrected chi connectivity index (χ1v) is 9.07. The molecule has 28 heavy (non-hydrogen) atoms. The maximum absolute atomic E-state index is 13.8. The second kappa shape index (κ2) is 8.33. The Morgan fingerprint density at radius 3 is 2.46 bits per heavy atom. The first-order valence-electron chi connectivity index (χ1n) is 9.07. The van der Waals surface area contributed by atoms with E-state index in [0.717, 1.165) is 53.7 Å². The number of allylic oxidation sites excluding steroid dienone is 1. The summed E-state index contributed by atoms with van der Waals surface area (Å²) in [6.07, 6.45) is 2.64. The molecule has 1 aliphatic rings. The van der Waals surface area contributed by atoms with Crippen LogP contribution in [0.1, 0.15) is 48.2 Å². The predicted octanol–water partition coefficient (Wildman–Crippen LogP) is 4.89. The van der Waals surface area contributed by atoms with Crippen LogP contribution in [0.5, 0.6) is 0 Å². The maximum atomic E-state index is 13.8. The molecule has 0 unspecified atom stereocenters. The molecule has 0 spiro atoms. The Kier molecular flexibility index (Phi) is 5.87. The summed E-state index contributed by atoms with van der Waals surface area (Å²) in [7, 11) is 0. The van der Waals surface area contributed by atoms with Crippen molar-refractivity contribution in [2.24, 2.45) is 0 Å². The molecule has 0 fully saturated rings. The Balaban J connectivity index is 1.84. The number of esters is 1. The lowest BCUT2D eigenvalue weighted by molar-refractivity contribution is -0.139. The zero-order valence-electron chi connectivity index (χ0n) is 15.8. The van der Waals surface area contributed by atoms with Crippen LogP contribution in [-0.2, 0) is 16.0 Å². The summed E-state index contributed by atoms with van der Waals surface area (Å²) >= 11 is 0. The summed E-state index contributed by atoms with van der Waals surface area (Å²) in [6, 6.07) is 8.73. The first-order chi connectivity index (χ1) is 13.4. The summed E-state index contributed by atoms with van der Waals surface area (Å²) < 4.78 is 32.7. The van der Waals surface area contributed by atoms with Crippen molar-refractivity contribution < 1.29 is 23.1 Å². The van der Waals surface area contributed by atoms with Gasteiger partial charge in [-0.1, -0.05) is 12.1 Å². The molecular weight excluding hydrogens is 364 g/mol. The summed E-state index contributed by atoms with van der Waals surface area (Å²) in [5, 5.41) is 2.57. The number of carbonyl (C=O) groups excluding carboxylic acids is 2. The second-order valence-electron chi connectivity index (χ2n) is 6.82. The molecule has 0 saturated heterocycles. The van der Waals surface area contributed by atoms with Crippen LogP contribution in [-0.4, -0.2) is 18.5 Å². The fourth-order valence-corrected chi connectivity index (χ4v) is 3.41. The van der Waals surface area contributed by atoms with Gasteiger partial charge < -0.3 is 10.1 Å². The van der Waals surface area contributed by atoms with Crippen molar-refractivity contribution in [3.63, 3.8) is 0 Å². The highest BCUT2D eigenvalue weighted by atomic mass is 19.1. The Labute approximate surface area is 162 Å². The van der Waals surface area contributed by atoms with Crippen LogP contribution < -0.4 is 5.32 Å². The summed E-state index contributed by atoms with van der Waals surface area (Å²) in [4.78, 5) is 23.3. The van der Waals surface area contributed by atoms with Gasteiger partial charge in [-0.25, -0.2) is 8.78 Å². The summed E-state index contributed by atoms with van der Waals surface area (Å²) in [5.74, 6) is -2.95. The Morgan fingerprint density at radius 2 is 1.79 bits per heavy atom. The van der Waals surface area contributed by atoms with E-state index in [1.165, 1.54) is 13.0 Å². The Bertz CT molecular complexity index is 946. The molecule has 0 atom stereocenters. The van der Waals surface area contributed by atoms with E-state index in [9.17, 15) is 18.4 Å². The standard InChI is InChI=1S/C22H21F2NO3/c1-13(12-28-14(2)26)17-6-3-5-15-11-16(9-10-18(15)17)25-22(27)21-19(23)7-4-8-20(21)24/h4,7-11H,3,5-6,12H2,1-2H3,(H,25,27). The Morgan fingerprint density at radius 1 is 1.07 bits per heavy atom. The average molecular weight is 385 g/mol. The van der Waals surface area contributed by atoms with Crippen molar-refractivity contribution in [2.45, 2.75) is 33.1 Å². The number of amides is 1. The third kappa shape index (κ3) is 4.27. The number of anilines is 1. The SMILES string of the molecule is CC(=O)OCC(C)=C1CCCc2cc(NC(=O)c3c(F)cccc3F)ccc21. The highest BCUT2D eigenvalue weighted by Crippen LogP contribution is 2.34. The summed E-state index contributed by atoms with van der Waals surface area (Å²) in [5.41, 5.74) is 4.08. The van der Waals surface area contributed by atoms with Gasteiger partial charge in [0, 0.05) is 12.6 Å². The molecule has 2 aromatic rings. The topological polar surface area (TPSA) is 55.4 Å². The molecule has 0 saturated carbocycles. The smallest absolute Gasteiger partial charge is 0.302 e. The largest absolute Gasteiger partial charge is 0.461 e. The van der Waals surface area contributed by atoms with Gasteiger partial charge in [0.2, 0.25) is 0 Å². The van der Waals surface area contributed by atoms with E-state index in [4.69, 9.17) is 4.74 Å². The van der Waals surface area contributed by atoms with Crippen LogP contribution >= 0.6 is 0 Å². The molecule has 0 aliphatic heterocycles. The van der Waals surface area contributed by atoms with E-state index in [1.807, 2.05) is 19.1 Å². The minimum Gasteiger partial charge on any atom is -0.461 e. The number of carbonyl (C=O) groups is 2. The van der Waals surface area contributed by atoms with E-state index in [1.54, 1.807) is 6.07 Å². The van der Waals surface area contributed by atoms with Crippen LogP contribution in [0.25, 0.3) is 5.57 Å². The van der Waals surface area contributed by atoms with Crippen molar-refractivity contribution in [1.82, 2.24) is 0 Å². The van der Waals surface area contributed by atoms with Gasteiger partial charge in [0.25, 0.3) is 5.91 Å². The monoisotopic (exact) mass is 385 g/mol. The van der Waals surface area contributed by atoms with Gasteiger partial charge in [-0.2, -0.15) is 0 Å². The second-order valence-corrected chi connectivity index (χ2v) is 6.82. The molecule has 1 amide bonds. The lowest BCUT2D eigenvalue weighted by atomic mass is 9.85. The number of ether oxygens (including phenoxy) is 1. The van der Waals surface area contributed by atoms with Crippen molar-refractivity contribution in [1.29, 1.82) is 0 Å². The predicted molar refractivity (Wildman–Crippen MR) is 103 cm³/mol. The molecule has 1 N–H and O–H groups in total. The average Bonchev–Trinajstić information content (AvgIpc) is 2.65.